The topological polar surface area (TPSA) is 204 Å². The molecule has 1 aromatic heterocycles. The number of nitrogens with one attached hydrogen (secondary N) is 2. The van der Waals surface area contributed by atoms with Gasteiger partial charge in [-0.25, -0.2) is 4.28 Å². The second kappa shape index (κ2) is 8.81. The van der Waals surface area contributed by atoms with E-state index in [4.69, 9.17) is 15.0 Å². The number of morpholine rings is 1. The lowest BCUT2D eigenvalue weighted by Crippen LogP contribution is -2.55. The molecule has 0 aromatic carbocycles. The van der Waals surface area contributed by atoms with Crippen LogP contribution in [0.2, 0.25) is 0 Å². The van der Waals surface area contributed by atoms with Crippen LogP contribution in [0, 0.1) is 0 Å². The molecule has 0 spiro atoms. The second-order valence-electron chi connectivity index (χ2n) is 4.98. The van der Waals surface area contributed by atoms with Crippen molar-refractivity contribution in [1.29, 1.82) is 0 Å². The number of likely N-dealkylation sites (N-methyl/N-ethyl adjacent to an activating group) is 1. The number of nitrogen functional groups attached to an aromatic ring is 1. The van der Waals surface area contributed by atoms with Crippen LogP contribution in [0.4, 0.5) is 5.82 Å². The van der Waals surface area contributed by atoms with Gasteiger partial charge in [-0.3, -0.25) is 14.1 Å². The summed E-state index contributed by atoms with van der Waals surface area (Å²) >= 11 is 0. The number of Topliss-reactive ketones (excluding diaryl/α,β-unsaturated/α-hetero) is 1. The molecule has 6 N–H and O–H groups in total. The van der Waals surface area contributed by atoms with Crippen LogP contribution < -0.4 is 25.4 Å². The van der Waals surface area contributed by atoms with Gasteiger partial charge < -0.3 is 26.6 Å². The van der Waals surface area contributed by atoms with Crippen LogP contribution in [0.15, 0.2) is 6.07 Å². The van der Waals surface area contributed by atoms with Crippen LogP contribution in [-0.2, 0) is 19.9 Å². The first kappa shape index (κ1) is 21.7. The summed E-state index contributed by atoms with van der Waals surface area (Å²) in [6.07, 6.45) is -0.558. The highest BCUT2D eigenvalue weighted by Gasteiger charge is 2.34. The van der Waals surface area contributed by atoms with E-state index in [1.54, 1.807) is 6.92 Å². The smallest absolute Gasteiger partial charge is 0.476 e. The number of carbonyl (C=O) groups excluding carboxylic acids is 2. The van der Waals surface area contributed by atoms with E-state index in [-0.39, 0.29) is 28.3 Å². The molecule has 1 saturated heterocycles. The largest absolute Gasteiger partial charge is 0.870 e. The highest BCUT2D eigenvalue weighted by atomic mass is 32.3. The number of aromatic nitrogens is 2. The first-order chi connectivity index (χ1) is 11.7. The average molecular weight is 393 g/mol. The summed E-state index contributed by atoms with van der Waals surface area (Å²) in [4.78, 5) is 28.0. The van der Waals surface area contributed by atoms with Crippen LogP contribution in [0.1, 0.15) is 29.3 Å². The number of carbonyl (C=O) groups is 2. The maximum absolute atomic E-state index is 12.3. The third-order valence-corrected chi connectivity index (χ3v) is 3.47. The Morgan fingerprint density at radius 2 is 2.27 bits per heavy atom. The van der Waals surface area contributed by atoms with Crippen LogP contribution in [0.5, 0.6) is 0 Å². The predicted molar refractivity (Wildman–Crippen MR) is 83.5 cm³/mol. The number of nitrogens with zero attached hydrogens (tertiary/aromatic N) is 2. The molecule has 0 bridgehead atoms. The maximum Gasteiger partial charge on any atom is 0.476 e. The summed E-state index contributed by atoms with van der Waals surface area (Å²) < 4.78 is 40.9. The van der Waals surface area contributed by atoms with Crippen LogP contribution >= 0.6 is 0 Å². The summed E-state index contributed by atoms with van der Waals surface area (Å²) in [5.41, 5.74) is 5.91. The average Bonchev–Trinajstić information content (AvgIpc) is 2.55. The van der Waals surface area contributed by atoms with Gasteiger partial charge in [0.05, 0.1) is 12.7 Å². The van der Waals surface area contributed by atoms with Crippen molar-refractivity contribution in [2.75, 3.05) is 32.0 Å². The lowest BCUT2D eigenvalue weighted by atomic mass is 10.2. The Labute approximate surface area is 148 Å². The zero-order valence-corrected chi connectivity index (χ0v) is 14.5. The summed E-state index contributed by atoms with van der Waals surface area (Å²) in [7, 11) is -5.02. The maximum atomic E-state index is 12.3. The first-order valence-electron chi connectivity index (χ1n) is 7.27. The van der Waals surface area contributed by atoms with Gasteiger partial charge in [0.1, 0.15) is 6.10 Å². The number of rotatable bonds is 6. The number of ketones is 1. The van der Waals surface area contributed by atoms with E-state index in [1.165, 1.54) is 6.07 Å². The fourth-order valence-electron chi connectivity index (χ4n) is 2.11. The van der Waals surface area contributed by atoms with Crippen molar-refractivity contribution in [2.24, 2.45) is 0 Å². The Morgan fingerprint density at radius 3 is 2.81 bits per heavy atom. The normalized spacial score (nSPS) is 17.1. The lowest BCUT2D eigenvalue weighted by molar-refractivity contribution is -0.848. The number of hydrogen-bond acceptors (Lipinski definition) is 10. The van der Waals surface area contributed by atoms with E-state index in [0.717, 1.165) is 0 Å². The number of anilines is 1. The van der Waals surface area contributed by atoms with Gasteiger partial charge in [0.15, 0.2) is 5.69 Å². The van der Waals surface area contributed by atoms with Gasteiger partial charge in [-0.15, -0.1) is 0 Å². The fourth-order valence-corrected chi connectivity index (χ4v) is 2.46. The van der Waals surface area contributed by atoms with Crippen molar-refractivity contribution in [3.8, 4) is 0 Å². The quantitative estimate of drug-likeness (QED) is 0.166. The van der Waals surface area contributed by atoms with Crippen molar-refractivity contribution in [3.63, 3.8) is 0 Å². The highest BCUT2D eigenvalue weighted by Crippen LogP contribution is 2.17. The number of amides is 1. The summed E-state index contributed by atoms with van der Waals surface area (Å²) in [6.45, 7) is 3.16. The molecule has 0 radical (unpaired) electrons. The Balaban J connectivity index is 0.00000338. The van der Waals surface area contributed by atoms with Crippen LogP contribution in [0.25, 0.3) is 0 Å². The van der Waals surface area contributed by atoms with Gasteiger partial charge in [-0.1, -0.05) is 4.98 Å². The molecule has 1 aromatic rings. The molecule has 1 aliphatic rings. The third kappa shape index (κ3) is 5.30. The molecule has 1 aliphatic heterocycles. The molecule has 1 fully saturated rings. The molecule has 2 heterocycles. The molecule has 0 aliphatic carbocycles. The Kier molecular flexibility index (Phi) is 7.34. The van der Waals surface area contributed by atoms with E-state index in [0.29, 0.717) is 19.7 Å². The van der Waals surface area contributed by atoms with Crippen molar-refractivity contribution >= 4 is 27.9 Å². The molecule has 1 atom stereocenters. The SMILES string of the molecule is CCNC(=O)C(=O)c1nc(C2CNCCO2)cc(N)[n+]1OS(=O)(=O)O.[OH-]. The molecule has 2 rings (SSSR count). The Morgan fingerprint density at radius 1 is 1.58 bits per heavy atom. The second-order valence-corrected chi connectivity index (χ2v) is 5.98. The Bertz CT molecular complexity index is 778. The minimum absolute atomic E-state index is 0. The van der Waals surface area contributed by atoms with Crippen molar-refractivity contribution < 1.29 is 41.8 Å². The standard InChI is InChI=1S/C12H17N5O7S.H2O/c1-2-15-12(19)10(18)11-16-7(8-6-14-3-4-23-8)5-9(13)17(11)24-25(20,21)22;/h5,8,13-14H,2-4,6H2,1H3,(H2,15,19,20,21,22);1H2. The number of nitrogens with two attached hydrogens (primary N) is 1. The monoisotopic (exact) mass is 393 g/mol. The van der Waals surface area contributed by atoms with Gasteiger partial charge >= 0.3 is 22.0 Å². The molecule has 1 amide bonds. The van der Waals surface area contributed by atoms with E-state index < -0.39 is 34.0 Å². The molecule has 1 unspecified atom stereocenters. The molecule has 14 heteroatoms. The Hall–Kier alpha value is -2.39. The van der Waals surface area contributed by atoms with E-state index in [9.17, 15) is 18.0 Å². The summed E-state index contributed by atoms with van der Waals surface area (Å²) in [5.74, 6) is -3.32. The zero-order chi connectivity index (χ0) is 18.6. The molecular weight excluding hydrogens is 374 g/mol. The van der Waals surface area contributed by atoms with Crippen LogP contribution in [-0.4, -0.2) is 61.4 Å². The summed E-state index contributed by atoms with van der Waals surface area (Å²) in [6, 6.07) is 1.22. The van der Waals surface area contributed by atoms with Gasteiger partial charge in [0.25, 0.3) is 11.7 Å². The minimum Gasteiger partial charge on any atom is -0.870 e. The van der Waals surface area contributed by atoms with Crippen molar-refractivity contribution in [2.45, 2.75) is 13.0 Å². The molecule has 0 saturated carbocycles. The van der Waals surface area contributed by atoms with E-state index in [1.807, 2.05) is 0 Å². The highest BCUT2D eigenvalue weighted by molar-refractivity contribution is 7.80. The van der Waals surface area contributed by atoms with Gasteiger partial charge in [0, 0.05) is 19.6 Å². The zero-order valence-electron chi connectivity index (χ0n) is 13.7. The lowest BCUT2D eigenvalue weighted by Gasteiger charge is -2.21. The molecule has 146 valence electrons. The third-order valence-electron chi connectivity index (χ3n) is 3.13. The number of ether oxygens (including phenoxy) is 1. The molecule has 13 nitrogen and oxygen atoms in total. The van der Waals surface area contributed by atoms with Crippen molar-refractivity contribution in [3.05, 3.63) is 17.6 Å². The van der Waals surface area contributed by atoms with Gasteiger partial charge in [-0.2, -0.15) is 8.42 Å². The van der Waals surface area contributed by atoms with Gasteiger partial charge in [-0.05, 0) is 11.7 Å². The predicted octanol–water partition coefficient (Wildman–Crippen LogP) is -3.01. The van der Waals surface area contributed by atoms with Gasteiger partial charge in [0.2, 0.25) is 0 Å². The molecule has 26 heavy (non-hydrogen) atoms. The fraction of sp³-hybridized carbons (Fsp3) is 0.500. The van der Waals surface area contributed by atoms with Crippen molar-refractivity contribution in [1.82, 2.24) is 15.6 Å². The minimum atomic E-state index is -5.02. The van der Waals surface area contributed by atoms with E-state index >= 15 is 0 Å². The van der Waals surface area contributed by atoms with Crippen LogP contribution in [0.3, 0.4) is 0 Å². The molecular formula is C12H19N5O8S. The van der Waals surface area contributed by atoms with E-state index in [2.05, 4.69) is 19.9 Å². The number of hydrogen-bond donors (Lipinski definition) is 4. The summed E-state index contributed by atoms with van der Waals surface area (Å²) in [5, 5.41) is 5.31. The first-order valence-corrected chi connectivity index (χ1v) is 8.64.